The molecule has 0 aliphatic heterocycles. The van der Waals surface area contributed by atoms with Crippen molar-refractivity contribution in [3.63, 3.8) is 0 Å². The van der Waals surface area contributed by atoms with Crippen molar-refractivity contribution in [2.75, 3.05) is 41.0 Å². The number of aliphatic carboxylic acids is 1. The largest absolute Gasteiger partial charge is 0.477 e. The first-order chi connectivity index (χ1) is 31.1. The van der Waals surface area contributed by atoms with Gasteiger partial charge in [0.1, 0.15) is 6.61 Å². The molecule has 0 aliphatic carbocycles. The van der Waals surface area contributed by atoms with Gasteiger partial charge in [0.25, 0.3) is 0 Å². The fraction of sp³-hybridized carbons (Fsp3) is 0.768. The van der Waals surface area contributed by atoms with Crippen molar-refractivity contribution in [3.8, 4) is 0 Å². The Balaban J connectivity index is 4.25. The van der Waals surface area contributed by atoms with Gasteiger partial charge in [-0.15, -0.1) is 0 Å². The Morgan fingerprint density at radius 1 is 0.484 bits per heavy atom. The van der Waals surface area contributed by atoms with Gasteiger partial charge in [0.05, 0.1) is 34.4 Å². The summed E-state index contributed by atoms with van der Waals surface area (Å²) >= 11 is 0. The second kappa shape index (κ2) is 46.6. The van der Waals surface area contributed by atoms with E-state index in [1.807, 2.05) is 21.1 Å². The van der Waals surface area contributed by atoms with E-state index < -0.39 is 18.1 Å². The Morgan fingerprint density at radius 3 is 1.31 bits per heavy atom. The minimum atomic E-state index is -0.878. The number of nitrogens with zero attached hydrogens (tertiary/aromatic N) is 1. The number of likely N-dealkylation sites (N-methyl/N-ethyl adjacent to an activating group) is 1. The standard InChI is InChI=1S/C56H99NO7/c1-6-8-10-12-14-16-18-20-22-24-26-27-29-30-32-34-36-38-40-42-44-46-54(58)63-51-52(50-62-49-48-53(56(60)61)57(3,4)5)64-55(59)47-45-43-41-39-37-35-33-31-28-25-23-21-19-17-15-13-11-9-7-2/h9,11,15,17,21,23-24,26,28,31,52-53H,6-8,10,12-14,16,18-20,22,25,27,29-30,32-51H2,1-5H3/p+1/b11-9-,17-15-,23-21-,26-24-,31-28-. The molecule has 0 aromatic heterocycles. The lowest BCUT2D eigenvalue weighted by molar-refractivity contribution is -0.887. The smallest absolute Gasteiger partial charge is 0.362 e. The lowest BCUT2D eigenvalue weighted by Crippen LogP contribution is -2.50. The molecular formula is C56H100NO7+. The molecule has 0 amide bonds. The summed E-state index contributed by atoms with van der Waals surface area (Å²) in [5, 5.41) is 9.66. The van der Waals surface area contributed by atoms with Crippen molar-refractivity contribution in [3.05, 3.63) is 60.8 Å². The summed E-state index contributed by atoms with van der Waals surface area (Å²) in [4.78, 5) is 37.2. The van der Waals surface area contributed by atoms with Crippen LogP contribution in [0.15, 0.2) is 60.8 Å². The summed E-state index contributed by atoms with van der Waals surface area (Å²) in [5.41, 5.74) is 0. The van der Waals surface area contributed by atoms with Crippen LogP contribution in [0.2, 0.25) is 0 Å². The van der Waals surface area contributed by atoms with Gasteiger partial charge in [0, 0.05) is 19.3 Å². The molecule has 2 atom stereocenters. The van der Waals surface area contributed by atoms with Crippen LogP contribution in [0.25, 0.3) is 0 Å². The SMILES string of the molecule is CC/C=C\C/C=C\C/C=C\C/C=C\CCCCCCCCC(=O)OC(COCCC(C(=O)O)[N+](C)(C)C)COC(=O)CCCCCCCCCCC/C=C\CCCCCCCCCC. The molecule has 0 fully saturated rings. The molecule has 8 nitrogen and oxygen atoms in total. The third kappa shape index (κ3) is 44.2. The van der Waals surface area contributed by atoms with Crippen LogP contribution in [-0.2, 0) is 28.6 Å². The highest BCUT2D eigenvalue weighted by Gasteiger charge is 2.31. The van der Waals surface area contributed by atoms with E-state index in [4.69, 9.17) is 14.2 Å². The summed E-state index contributed by atoms with van der Waals surface area (Å²) in [6.45, 7) is 4.63. The highest BCUT2D eigenvalue weighted by Crippen LogP contribution is 2.15. The van der Waals surface area contributed by atoms with Crippen LogP contribution in [0.1, 0.15) is 226 Å². The molecule has 0 spiro atoms. The van der Waals surface area contributed by atoms with Crippen LogP contribution in [0.4, 0.5) is 0 Å². The number of unbranched alkanes of at least 4 members (excludes halogenated alkanes) is 23. The van der Waals surface area contributed by atoms with Gasteiger partial charge in [-0.2, -0.15) is 0 Å². The van der Waals surface area contributed by atoms with Crippen molar-refractivity contribution in [1.82, 2.24) is 0 Å². The lowest BCUT2D eigenvalue weighted by Gasteiger charge is -2.31. The number of carbonyl (C=O) groups excluding carboxylic acids is 2. The van der Waals surface area contributed by atoms with Gasteiger partial charge in [0.15, 0.2) is 12.1 Å². The maximum absolute atomic E-state index is 12.8. The second-order valence-electron chi connectivity index (χ2n) is 18.7. The molecule has 0 saturated heterocycles. The number of carboxylic acids is 1. The molecule has 0 bridgehead atoms. The normalized spacial score (nSPS) is 13.3. The van der Waals surface area contributed by atoms with E-state index in [2.05, 4.69) is 74.6 Å². The fourth-order valence-corrected chi connectivity index (χ4v) is 7.61. The fourth-order valence-electron chi connectivity index (χ4n) is 7.61. The number of quaternary nitrogens is 1. The van der Waals surface area contributed by atoms with Crippen LogP contribution in [0, 0.1) is 0 Å². The first-order valence-corrected chi connectivity index (χ1v) is 26.3. The highest BCUT2D eigenvalue weighted by atomic mass is 16.6. The van der Waals surface area contributed by atoms with Crippen LogP contribution in [0.5, 0.6) is 0 Å². The zero-order valence-corrected chi connectivity index (χ0v) is 42.2. The van der Waals surface area contributed by atoms with E-state index in [1.165, 1.54) is 116 Å². The van der Waals surface area contributed by atoms with E-state index in [0.717, 1.165) is 77.0 Å². The van der Waals surface area contributed by atoms with E-state index >= 15 is 0 Å². The number of hydrogen-bond donors (Lipinski definition) is 1. The van der Waals surface area contributed by atoms with Crippen LogP contribution >= 0.6 is 0 Å². The number of esters is 2. The molecule has 0 saturated carbocycles. The summed E-state index contributed by atoms with van der Waals surface area (Å²) in [7, 11) is 5.53. The Labute approximate surface area is 394 Å². The Bertz CT molecular complexity index is 1230. The second-order valence-corrected chi connectivity index (χ2v) is 18.7. The highest BCUT2D eigenvalue weighted by molar-refractivity contribution is 5.72. The maximum Gasteiger partial charge on any atom is 0.362 e. The maximum atomic E-state index is 12.8. The average Bonchev–Trinajstić information content (AvgIpc) is 3.26. The molecule has 0 radical (unpaired) electrons. The number of ether oxygens (including phenoxy) is 3. The van der Waals surface area contributed by atoms with Crippen LogP contribution < -0.4 is 0 Å². The van der Waals surface area contributed by atoms with Gasteiger partial charge in [0.2, 0.25) is 0 Å². The zero-order valence-electron chi connectivity index (χ0n) is 42.2. The molecule has 0 aromatic carbocycles. The predicted molar refractivity (Wildman–Crippen MR) is 271 cm³/mol. The molecular weight excluding hydrogens is 799 g/mol. The van der Waals surface area contributed by atoms with Crippen molar-refractivity contribution in [2.24, 2.45) is 0 Å². The molecule has 370 valence electrons. The summed E-state index contributed by atoms with van der Waals surface area (Å²) in [5.74, 6) is -1.48. The monoisotopic (exact) mass is 899 g/mol. The Morgan fingerprint density at radius 2 is 0.875 bits per heavy atom. The van der Waals surface area contributed by atoms with Gasteiger partial charge in [-0.05, 0) is 77.0 Å². The van der Waals surface area contributed by atoms with Crippen molar-refractivity contribution in [2.45, 2.75) is 238 Å². The third-order valence-electron chi connectivity index (χ3n) is 11.7. The molecule has 0 aromatic rings. The van der Waals surface area contributed by atoms with E-state index in [-0.39, 0.29) is 36.2 Å². The summed E-state index contributed by atoms with van der Waals surface area (Å²) in [6, 6.07) is -0.620. The first kappa shape index (κ1) is 61.0. The molecule has 64 heavy (non-hydrogen) atoms. The van der Waals surface area contributed by atoms with Crippen molar-refractivity contribution >= 4 is 17.9 Å². The topological polar surface area (TPSA) is 99.1 Å². The minimum absolute atomic E-state index is 0.0534. The molecule has 0 rings (SSSR count). The van der Waals surface area contributed by atoms with Gasteiger partial charge >= 0.3 is 17.9 Å². The summed E-state index contributed by atoms with van der Waals surface area (Å²) in [6.07, 6.45) is 58.4. The van der Waals surface area contributed by atoms with Gasteiger partial charge in [-0.1, -0.05) is 190 Å². The molecule has 2 unspecified atom stereocenters. The van der Waals surface area contributed by atoms with E-state index in [1.54, 1.807) is 0 Å². The number of allylic oxidation sites excluding steroid dienone is 10. The Hall–Kier alpha value is -2.97. The first-order valence-electron chi connectivity index (χ1n) is 26.3. The van der Waals surface area contributed by atoms with Crippen LogP contribution in [0.3, 0.4) is 0 Å². The van der Waals surface area contributed by atoms with Crippen LogP contribution in [-0.4, -0.2) is 80.6 Å². The average molecular weight is 899 g/mol. The number of carbonyl (C=O) groups is 3. The molecule has 0 heterocycles. The third-order valence-corrected chi connectivity index (χ3v) is 11.7. The van der Waals surface area contributed by atoms with Crippen molar-refractivity contribution < 1.29 is 38.2 Å². The summed E-state index contributed by atoms with van der Waals surface area (Å²) < 4.78 is 17.4. The molecule has 1 N–H and O–H groups in total. The number of rotatable bonds is 47. The number of hydrogen-bond acceptors (Lipinski definition) is 6. The van der Waals surface area contributed by atoms with Crippen molar-refractivity contribution in [1.29, 1.82) is 0 Å². The zero-order chi connectivity index (χ0) is 47.0. The number of carboxylic acid groups (broad SMARTS) is 1. The minimum Gasteiger partial charge on any atom is -0.477 e. The predicted octanol–water partition coefficient (Wildman–Crippen LogP) is 15.3. The van der Waals surface area contributed by atoms with Gasteiger partial charge in [-0.3, -0.25) is 9.59 Å². The van der Waals surface area contributed by atoms with Gasteiger partial charge in [-0.25, -0.2) is 4.79 Å². The van der Waals surface area contributed by atoms with E-state index in [0.29, 0.717) is 19.3 Å². The molecule has 0 aliphatic rings. The van der Waals surface area contributed by atoms with E-state index in [9.17, 15) is 19.5 Å². The Kier molecular flexibility index (Phi) is 44.4. The molecule has 8 heteroatoms. The van der Waals surface area contributed by atoms with Gasteiger partial charge < -0.3 is 23.8 Å². The quantitative estimate of drug-likeness (QED) is 0.0281. The lowest BCUT2D eigenvalue weighted by atomic mass is 10.1.